The van der Waals surface area contributed by atoms with E-state index in [4.69, 9.17) is 14.2 Å². The SMILES string of the molecule is CCOc1ccccc1OCC(=O)OCC(=O)Nc1ccccc1Sc1ccccc1. The summed E-state index contributed by atoms with van der Waals surface area (Å²) in [6, 6.07) is 24.4. The lowest BCUT2D eigenvalue weighted by Gasteiger charge is -2.12. The van der Waals surface area contributed by atoms with E-state index in [0.29, 0.717) is 23.8 Å². The van der Waals surface area contributed by atoms with Gasteiger partial charge in [-0.3, -0.25) is 4.79 Å². The number of nitrogens with one attached hydrogen (secondary N) is 1. The number of benzene rings is 3. The smallest absolute Gasteiger partial charge is 0.344 e. The van der Waals surface area contributed by atoms with Crippen LogP contribution in [0.1, 0.15) is 6.92 Å². The average molecular weight is 438 g/mol. The van der Waals surface area contributed by atoms with Crippen molar-refractivity contribution in [3.8, 4) is 11.5 Å². The molecule has 0 fully saturated rings. The molecule has 0 spiro atoms. The molecule has 0 bridgehead atoms. The Balaban J connectivity index is 1.49. The number of anilines is 1. The van der Waals surface area contributed by atoms with Crippen molar-refractivity contribution in [2.24, 2.45) is 0 Å². The van der Waals surface area contributed by atoms with Crippen LogP contribution in [0.5, 0.6) is 11.5 Å². The van der Waals surface area contributed by atoms with Crippen LogP contribution in [0.2, 0.25) is 0 Å². The Bertz CT molecular complexity index is 1010. The van der Waals surface area contributed by atoms with E-state index in [1.165, 1.54) is 11.8 Å². The van der Waals surface area contributed by atoms with Gasteiger partial charge in [-0.1, -0.05) is 54.2 Å². The minimum atomic E-state index is -0.645. The van der Waals surface area contributed by atoms with Crippen molar-refractivity contribution < 1.29 is 23.8 Å². The van der Waals surface area contributed by atoms with E-state index >= 15 is 0 Å². The Morgan fingerprint density at radius 1 is 0.806 bits per heavy atom. The third kappa shape index (κ3) is 7.08. The first-order valence-corrected chi connectivity index (χ1v) is 10.6. The summed E-state index contributed by atoms with van der Waals surface area (Å²) in [5.41, 5.74) is 0.652. The van der Waals surface area contributed by atoms with Crippen molar-refractivity contribution in [3.63, 3.8) is 0 Å². The van der Waals surface area contributed by atoms with E-state index in [1.54, 1.807) is 24.3 Å². The van der Waals surface area contributed by atoms with Crippen LogP contribution in [-0.2, 0) is 14.3 Å². The molecular formula is C24H23NO5S. The number of carbonyl (C=O) groups is 2. The molecule has 0 unspecified atom stereocenters. The van der Waals surface area contributed by atoms with Gasteiger partial charge in [-0.15, -0.1) is 0 Å². The number of ether oxygens (including phenoxy) is 3. The molecule has 0 aliphatic carbocycles. The zero-order valence-electron chi connectivity index (χ0n) is 17.1. The maximum absolute atomic E-state index is 12.3. The molecule has 0 aromatic heterocycles. The van der Waals surface area contributed by atoms with E-state index < -0.39 is 18.5 Å². The van der Waals surface area contributed by atoms with Gasteiger partial charge >= 0.3 is 5.97 Å². The standard InChI is InChI=1S/C24H23NO5S/c1-2-28-20-13-7-8-14-21(20)29-17-24(27)30-16-23(26)25-19-12-6-9-15-22(19)31-18-10-4-3-5-11-18/h3-15H,2,16-17H2,1H3,(H,25,26). The predicted octanol–water partition coefficient (Wildman–Crippen LogP) is 4.80. The minimum absolute atomic E-state index is 0.322. The predicted molar refractivity (Wildman–Crippen MR) is 120 cm³/mol. The molecule has 1 amide bonds. The summed E-state index contributed by atoms with van der Waals surface area (Å²) in [4.78, 5) is 26.2. The number of hydrogen-bond acceptors (Lipinski definition) is 6. The second-order valence-corrected chi connectivity index (χ2v) is 7.40. The fraction of sp³-hybridized carbons (Fsp3) is 0.167. The molecule has 160 valence electrons. The van der Waals surface area contributed by atoms with E-state index in [9.17, 15) is 9.59 Å². The summed E-state index contributed by atoms with van der Waals surface area (Å²) < 4.78 is 15.9. The lowest BCUT2D eigenvalue weighted by molar-refractivity contribution is -0.149. The molecule has 0 heterocycles. The summed E-state index contributed by atoms with van der Waals surface area (Å²) >= 11 is 1.54. The molecule has 0 saturated heterocycles. The lowest BCUT2D eigenvalue weighted by Crippen LogP contribution is -2.24. The van der Waals surface area contributed by atoms with Gasteiger partial charge in [-0.25, -0.2) is 4.79 Å². The van der Waals surface area contributed by atoms with Crippen molar-refractivity contribution in [3.05, 3.63) is 78.9 Å². The second kappa shape index (κ2) is 11.7. The van der Waals surface area contributed by atoms with Crippen LogP contribution in [-0.4, -0.2) is 31.7 Å². The van der Waals surface area contributed by atoms with Crippen molar-refractivity contribution in [1.29, 1.82) is 0 Å². The average Bonchev–Trinajstić information content (AvgIpc) is 2.79. The first kappa shape index (κ1) is 22.2. The summed E-state index contributed by atoms with van der Waals surface area (Å²) in [6.45, 7) is 1.62. The Morgan fingerprint density at radius 2 is 1.45 bits per heavy atom. The van der Waals surface area contributed by atoms with Crippen LogP contribution in [0.15, 0.2) is 88.7 Å². The molecule has 3 aromatic rings. The first-order valence-electron chi connectivity index (χ1n) is 9.77. The Kier molecular flexibility index (Phi) is 8.37. The van der Waals surface area contributed by atoms with Gasteiger partial charge in [0.2, 0.25) is 0 Å². The zero-order chi connectivity index (χ0) is 21.9. The summed E-state index contributed by atoms with van der Waals surface area (Å²) in [7, 11) is 0. The summed E-state index contributed by atoms with van der Waals surface area (Å²) in [5, 5.41) is 2.79. The molecule has 0 atom stereocenters. The fourth-order valence-electron chi connectivity index (χ4n) is 2.63. The van der Waals surface area contributed by atoms with Crippen LogP contribution in [0.25, 0.3) is 0 Å². The van der Waals surface area contributed by atoms with Gasteiger partial charge < -0.3 is 19.5 Å². The minimum Gasteiger partial charge on any atom is -0.490 e. The van der Waals surface area contributed by atoms with Gasteiger partial charge in [0.15, 0.2) is 24.7 Å². The van der Waals surface area contributed by atoms with Crippen LogP contribution in [0.4, 0.5) is 5.69 Å². The maximum Gasteiger partial charge on any atom is 0.344 e. The van der Waals surface area contributed by atoms with E-state index in [0.717, 1.165) is 9.79 Å². The fourth-order valence-corrected chi connectivity index (χ4v) is 3.55. The molecular weight excluding hydrogens is 414 g/mol. The first-order chi connectivity index (χ1) is 15.2. The zero-order valence-corrected chi connectivity index (χ0v) is 17.9. The number of carbonyl (C=O) groups excluding carboxylic acids is 2. The molecule has 0 aliphatic heterocycles. The highest BCUT2D eigenvalue weighted by Crippen LogP contribution is 2.33. The van der Waals surface area contributed by atoms with Crippen LogP contribution in [0.3, 0.4) is 0 Å². The van der Waals surface area contributed by atoms with Crippen molar-refractivity contribution in [1.82, 2.24) is 0 Å². The number of hydrogen-bond donors (Lipinski definition) is 1. The Labute approximate surface area is 185 Å². The number of amides is 1. The lowest BCUT2D eigenvalue weighted by atomic mass is 10.3. The van der Waals surface area contributed by atoms with E-state index in [2.05, 4.69) is 5.32 Å². The van der Waals surface area contributed by atoms with Gasteiger partial charge in [0.1, 0.15) is 0 Å². The van der Waals surface area contributed by atoms with Crippen LogP contribution >= 0.6 is 11.8 Å². The highest BCUT2D eigenvalue weighted by atomic mass is 32.2. The topological polar surface area (TPSA) is 73.9 Å². The summed E-state index contributed by atoms with van der Waals surface area (Å²) in [5.74, 6) is -0.0849. The summed E-state index contributed by atoms with van der Waals surface area (Å²) in [6.07, 6.45) is 0. The molecule has 0 radical (unpaired) electrons. The molecule has 0 aliphatic rings. The normalized spacial score (nSPS) is 10.2. The molecule has 7 heteroatoms. The van der Waals surface area contributed by atoms with Gasteiger partial charge in [0.25, 0.3) is 5.91 Å². The molecule has 3 rings (SSSR count). The third-order valence-corrected chi connectivity index (χ3v) is 5.07. The Morgan fingerprint density at radius 3 is 2.19 bits per heavy atom. The highest BCUT2D eigenvalue weighted by molar-refractivity contribution is 7.99. The quantitative estimate of drug-likeness (QED) is 0.460. The Hall–Kier alpha value is -3.45. The van der Waals surface area contributed by atoms with Gasteiger partial charge in [0.05, 0.1) is 12.3 Å². The number of para-hydroxylation sites is 3. The van der Waals surface area contributed by atoms with Crippen molar-refractivity contribution >= 4 is 29.3 Å². The monoisotopic (exact) mass is 437 g/mol. The molecule has 0 saturated carbocycles. The van der Waals surface area contributed by atoms with Crippen LogP contribution in [0, 0.1) is 0 Å². The maximum atomic E-state index is 12.3. The third-order valence-electron chi connectivity index (χ3n) is 3.99. The highest BCUT2D eigenvalue weighted by Gasteiger charge is 2.12. The molecule has 3 aromatic carbocycles. The number of esters is 1. The molecule has 1 N–H and O–H groups in total. The van der Waals surface area contributed by atoms with E-state index in [1.807, 2.05) is 61.5 Å². The second-order valence-electron chi connectivity index (χ2n) is 6.29. The van der Waals surface area contributed by atoms with Gasteiger partial charge in [0, 0.05) is 9.79 Å². The van der Waals surface area contributed by atoms with Crippen LogP contribution < -0.4 is 14.8 Å². The van der Waals surface area contributed by atoms with Gasteiger partial charge in [-0.05, 0) is 43.3 Å². The van der Waals surface area contributed by atoms with E-state index in [-0.39, 0.29) is 6.61 Å². The number of rotatable bonds is 10. The molecule has 6 nitrogen and oxygen atoms in total. The van der Waals surface area contributed by atoms with Crippen molar-refractivity contribution in [2.45, 2.75) is 16.7 Å². The van der Waals surface area contributed by atoms with Crippen molar-refractivity contribution in [2.75, 3.05) is 25.1 Å². The largest absolute Gasteiger partial charge is 0.490 e. The van der Waals surface area contributed by atoms with Gasteiger partial charge in [-0.2, -0.15) is 0 Å². The molecule has 31 heavy (non-hydrogen) atoms.